The third kappa shape index (κ3) is 7.04. The number of benzene rings is 3. The Hall–Kier alpha value is 4.05. The smallest absolute Gasteiger partial charge is 0.316 e. The largest absolute Gasteiger partial charge is 0.402 e. The van der Waals surface area contributed by atoms with Crippen molar-refractivity contribution in [3.63, 3.8) is 0 Å². The SMILES string of the molecule is CCC(=O)OS(c1c(I)cc(I)cc1I)(c1c(I)cc(I)cc1I)c1c(I)cc(I)cc1I. The van der Waals surface area contributed by atoms with Gasteiger partial charge in [0.25, 0.3) is 0 Å². The summed E-state index contributed by atoms with van der Waals surface area (Å²) in [5, 5.41) is 0. The van der Waals surface area contributed by atoms with E-state index < -0.39 is 10.3 Å². The molecule has 0 N–H and O–H groups in total. The molecule has 0 saturated carbocycles. The first-order chi connectivity index (χ1) is 15.4. The van der Waals surface area contributed by atoms with E-state index >= 15 is 0 Å². The summed E-state index contributed by atoms with van der Waals surface area (Å²) in [4.78, 5) is 16.5. The van der Waals surface area contributed by atoms with Gasteiger partial charge in [0.15, 0.2) is 0 Å². The van der Waals surface area contributed by atoms with E-state index in [4.69, 9.17) is 4.18 Å². The topological polar surface area (TPSA) is 26.3 Å². The molecule has 0 fully saturated rings. The summed E-state index contributed by atoms with van der Waals surface area (Å²) in [6.07, 6.45) is 0.321. The molecule has 0 aliphatic carbocycles. The van der Waals surface area contributed by atoms with Crippen LogP contribution in [0.4, 0.5) is 0 Å². The van der Waals surface area contributed by atoms with Crippen LogP contribution in [0.3, 0.4) is 0 Å². The lowest BCUT2D eigenvalue weighted by molar-refractivity contribution is -0.133. The predicted molar refractivity (Wildman–Crippen MR) is 213 cm³/mol. The first-order valence-corrected chi connectivity index (χ1v) is 20.2. The number of halogens is 9. The maximum atomic E-state index is 13.2. The van der Waals surface area contributed by atoms with E-state index in [1.807, 2.05) is 6.92 Å². The van der Waals surface area contributed by atoms with Crippen LogP contribution in [0, 0.1) is 32.1 Å². The fourth-order valence-electron chi connectivity index (χ4n) is 3.04. The summed E-state index contributed by atoms with van der Waals surface area (Å²) in [7, 11) is -2.38. The summed E-state index contributed by atoms with van der Waals surface area (Å²) in [6.45, 7) is 1.87. The minimum absolute atomic E-state index is 0.189. The first kappa shape index (κ1) is 31.6. The fourth-order valence-corrected chi connectivity index (χ4v) is 22.6. The number of hydrogen-bond donors (Lipinski definition) is 0. The molecule has 0 saturated heterocycles. The number of hydrogen-bond acceptors (Lipinski definition) is 2. The lowest BCUT2D eigenvalue weighted by Crippen LogP contribution is -2.19. The molecule has 3 aromatic carbocycles. The standard InChI is InChI=1S/C21H11I9O2S/c1-2-18(31)32-33(19-12(25)3-9(22)4-13(19)26,20-14(27)5-10(23)6-15(20)28)21-16(29)7-11(24)8-17(21)30/h3-8H,2H2,1H3. The summed E-state index contributed by atoms with van der Waals surface area (Å²) in [5.41, 5.74) is 0. The Bertz CT molecular complexity index is 1050. The molecule has 0 aliphatic heterocycles. The molecule has 0 heterocycles. The second-order valence-corrected chi connectivity index (χ2v) is 19.7. The average molecular weight is 1470 g/mol. The minimum Gasteiger partial charge on any atom is -0.402 e. The van der Waals surface area contributed by atoms with E-state index in [-0.39, 0.29) is 5.97 Å². The molecular weight excluding hydrogens is 1460 g/mol. The van der Waals surface area contributed by atoms with Crippen molar-refractivity contribution in [3.05, 3.63) is 68.5 Å². The summed E-state index contributed by atoms with van der Waals surface area (Å²) >= 11 is 21.6. The molecule has 3 rings (SSSR count). The van der Waals surface area contributed by atoms with Crippen molar-refractivity contribution in [3.8, 4) is 0 Å². The molecule has 0 aromatic heterocycles. The fraction of sp³-hybridized carbons (Fsp3) is 0.0952. The zero-order valence-corrected chi connectivity index (χ0v) is 36.5. The summed E-state index contributed by atoms with van der Waals surface area (Å²) < 4.78 is 16.9. The summed E-state index contributed by atoms with van der Waals surface area (Å²) in [5.74, 6) is -0.189. The van der Waals surface area contributed by atoms with Crippen LogP contribution >= 0.6 is 214 Å². The van der Waals surface area contributed by atoms with Crippen molar-refractivity contribution in [1.82, 2.24) is 0 Å². The Morgan fingerprint density at radius 1 is 0.606 bits per heavy atom. The van der Waals surface area contributed by atoms with Crippen LogP contribution in [0.2, 0.25) is 0 Å². The van der Waals surface area contributed by atoms with Crippen molar-refractivity contribution in [2.24, 2.45) is 0 Å². The molecule has 0 atom stereocenters. The highest BCUT2D eigenvalue weighted by Crippen LogP contribution is 2.74. The van der Waals surface area contributed by atoms with E-state index in [9.17, 15) is 4.79 Å². The van der Waals surface area contributed by atoms with Crippen molar-refractivity contribution < 1.29 is 8.98 Å². The van der Waals surface area contributed by atoms with Crippen LogP contribution in [0.25, 0.3) is 0 Å². The van der Waals surface area contributed by atoms with Gasteiger partial charge in [0.1, 0.15) is 0 Å². The molecule has 33 heavy (non-hydrogen) atoms. The average Bonchev–Trinajstić information content (AvgIpc) is 2.65. The van der Waals surface area contributed by atoms with Crippen LogP contribution in [-0.4, -0.2) is 5.97 Å². The minimum atomic E-state index is -2.38. The molecule has 0 amide bonds. The van der Waals surface area contributed by atoms with E-state index in [1.54, 1.807) is 0 Å². The molecule has 0 unspecified atom stereocenters. The van der Waals surface area contributed by atoms with E-state index in [2.05, 4.69) is 240 Å². The number of rotatable bonds is 5. The summed E-state index contributed by atoms with van der Waals surface area (Å²) in [6, 6.07) is 13.1. The lowest BCUT2D eigenvalue weighted by Gasteiger charge is -2.43. The van der Waals surface area contributed by atoms with Crippen molar-refractivity contribution in [2.45, 2.75) is 28.0 Å². The lowest BCUT2D eigenvalue weighted by atomic mass is 10.3. The Morgan fingerprint density at radius 3 is 1.06 bits per heavy atom. The molecule has 0 radical (unpaired) electrons. The quantitative estimate of drug-likeness (QED) is 0.238. The molecule has 2 nitrogen and oxygen atoms in total. The normalized spacial score (nSPS) is 12.1. The Balaban J connectivity index is 2.67. The van der Waals surface area contributed by atoms with Gasteiger partial charge in [-0.25, -0.2) is 0 Å². The van der Waals surface area contributed by atoms with E-state index in [0.717, 1.165) is 36.1 Å². The molecule has 3 aromatic rings. The maximum Gasteiger partial charge on any atom is 0.316 e. The van der Waals surface area contributed by atoms with Gasteiger partial charge < -0.3 is 4.18 Å². The highest BCUT2D eigenvalue weighted by Gasteiger charge is 2.44. The monoisotopic (exact) mass is 1470 g/mol. The zero-order valence-electron chi connectivity index (χ0n) is 16.3. The van der Waals surface area contributed by atoms with Gasteiger partial charge in [-0.05, 0) is 250 Å². The van der Waals surface area contributed by atoms with E-state index in [0.29, 0.717) is 6.42 Å². The number of carbonyl (C=O) groups excluding carboxylic acids is 1. The van der Waals surface area contributed by atoms with Gasteiger partial charge in [-0.3, -0.25) is 4.79 Å². The second kappa shape index (κ2) is 13.6. The molecule has 12 heteroatoms. The van der Waals surface area contributed by atoms with Crippen molar-refractivity contribution in [1.29, 1.82) is 0 Å². The zero-order chi connectivity index (χ0) is 24.7. The van der Waals surface area contributed by atoms with Crippen LogP contribution in [0.5, 0.6) is 0 Å². The van der Waals surface area contributed by atoms with Crippen molar-refractivity contribution in [2.75, 3.05) is 0 Å². The van der Waals surface area contributed by atoms with Gasteiger partial charge in [-0.1, -0.05) is 6.92 Å². The second-order valence-electron chi connectivity index (χ2n) is 6.46. The van der Waals surface area contributed by atoms with Gasteiger partial charge in [-0.2, -0.15) is 0 Å². The maximum absolute atomic E-state index is 13.2. The Kier molecular flexibility index (Phi) is 13.0. The third-order valence-corrected chi connectivity index (χ3v) is 16.9. The predicted octanol–water partition coefficient (Wildman–Crippen LogP) is 11.3. The van der Waals surface area contributed by atoms with Gasteiger partial charge in [-0.15, -0.1) is 0 Å². The Morgan fingerprint density at radius 2 is 0.848 bits per heavy atom. The first-order valence-electron chi connectivity index (χ1n) is 8.91. The van der Waals surface area contributed by atoms with Gasteiger partial charge >= 0.3 is 5.97 Å². The highest BCUT2D eigenvalue weighted by molar-refractivity contribution is 14.1. The molecule has 0 bridgehead atoms. The van der Waals surface area contributed by atoms with Crippen LogP contribution in [-0.2, 0) is 8.98 Å². The molecular formula is C21H11I9O2S. The van der Waals surface area contributed by atoms with Crippen LogP contribution < -0.4 is 0 Å². The molecule has 0 spiro atoms. The number of carbonyl (C=O) groups is 1. The van der Waals surface area contributed by atoms with Crippen LogP contribution in [0.1, 0.15) is 13.3 Å². The Labute approximate surface area is 318 Å². The van der Waals surface area contributed by atoms with E-state index in [1.165, 1.54) is 10.7 Å². The van der Waals surface area contributed by atoms with Crippen LogP contribution in [0.15, 0.2) is 51.1 Å². The third-order valence-electron chi connectivity index (χ3n) is 4.26. The van der Waals surface area contributed by atoms with Gasteiger partial charge in [0, 0.05) is 38.6 Å². The van der Waals surface area contributed by atoms with Gasteiger partial charge in [0.05, 0.1) is 14.7 Å². The highest BCUT2D eigenvalue weighted by atomic mass is 127. The molecule has 176 valence electrons. The van der Waals surface area contributed by atoms with Gasteiger partial charge in [0.2, 0.25) is 0 Å². The molecule has 0 aliphatic rings. The van der Waals surface area contributed by atoms with Crippen molar-refractivity contribution >= 4 is 220 Å².